The van der Waals surface area contributed by atoms with Crippen LogP contribution in [0.5, 0.6) is 0 Å². The van der Waals surface area contributed by atoms with Gasteiger partial charge >= 0.3 is 5.97 Å². The number of thioether (sulfide) groups is 1. The molecule has 0 unspecified atom stereocenters. The number of fused-ring (bicyclic) bond motifs is 1. The number of halogens is 3. The van der Waals surface area contributed by atoms with E-state index in [1.54, 1.807) is 31.2 Å². The van der Waals surface area contributed by atoms with Crippen LogP contribution in [0.2, 0.25) is 0 Å². The number of ether oxygens (including phenoxy) is 1. The molecule has 0 bridgehead atoms. The Balaban J connectivity index is 1.72. The Hall–Kier alpha value is -2.71. The summed E-state index contributed by atoms with van der Waals surface area (Å²) in [4.78, 5) is 16.9. The molecule has 1 aromatic heterocycles. The lowest BCUT2D eigenvalue weighted by atomic mass is 10.2. The molecule has 0 aliphatic rings. The molecule has 32 heavy (non-hydrogen) atoms. The van der Waals surface area contributed by atoms with Crippen LogP contribution in [-0.2, 0) is 17.0 Å². The van der Waals surface area contributed by atoms with Crippen molar-refractivity contribution in [3.05, 3.63) is 93.5 Å². The van der Waals surface area contributed by atoms with E-state index in [0.29, 0.717) is 28.5 Å². The standard InChI is InChI=1S/C24H19BrF2N2O2S/c1-2-31-23(30)16-6-9-22-21(12-16)28-24(29(22)13-15-4-3-5-18(26)10-15)32-14-17-11-19(27)7-8-20(17)25/h3-12H,2,13-14H2,1H3. The molecular formula is C24H19BrF2N2O2S. The second-order valence-electron chi connectivity index (χ2n) is 7.06. The van der Waals surface area contributed by atoms with Crippen LogP contribution in [0.1, 0.15) is 28.4 Å². The quantitative estimate of drug-likeness (QED) is 0.205. The number of rotatable bonds is 7. The Morgan fingerprint density at radius 1 is 1.09 bits per heavy atom. The number of hydrogen-bond donors (Lipinski definition) is 0. The van der Waals surface area contributed by atoms with Crippen molar-refractivity contribution in [3.63, 3.8) is 0 Å². The topological polar surface area (TPSA) is 44.1 Å². The summed E-state index contributed by atoms with van der Waals surface area (Å²) in [5, 5.41) is 0.682. The van der Waals surface area contributed by atoms with Crippen LogP contribution in [0.15, 0.2) is 70.3 Å². The van der Waals surface area contributed by atoms with Crippen LogP contribution in [-0.4, -0.2) is 22.1 Å². The summed E-state index contributed by atoms with van der Waals surface area (Å²) in [6.07, 6.45) is 0. The van der Waals surface area contributed by atoms with Crippen molar-refractivity contribution in [1.29, 1.82) is 0 Å². The van der Waals surface area contributed by atoms with Crippen LogP contribution in [0.3, 0.4) is 0 Å². The van der Waals surface area contributed by atoms with Gasteiger partial charge in [-0.05, 0) is 66.6 Å². The largest absolute Gasteiger partial charge is 0.462 e. The van der Waals surface area contributed by atoms with Crippen molar-refractivity contribution < 1.29 is 18.3 Å². The maximum atomic E-state index is 13.8. The average molecular weight is 517 g/mol. The molecule has 4 nitrogen and oxygen atoms in total. The highest BCUT2D eigenvalue weighted by atomic mass is 79.9. The molecule has 0 saturated heterocycles. The van der Waals surface area contributed by atoms with E-state index in [4.69, 9.17) is 9.72 Å². The first-order valence-corrected chi connectivity index (χ1v) is 11.7. The van der Waals surface area contributed by atoms with Gasteiger partial charge in [-0.15, -0.1) is 0 Å². The Morgan fingerprint density at radius 2 is 1.91 bits per heavy atom. The van der Waals surface area contributed by atoms with Gasteiger partial charge in [0.1, 0.15) is 11.6 Å². The van der Waals surface area contributed by atoms with Gasteiger partial charge in [-0.3, -0.25) is 0 Å². The van der Waals surface area contributed by atoms with Crippen molar-refractivity contribution in [3.8, 4) is 0 Å². The minimum atomic E-state index is -0.410. The molecule has 0 atom stereocenters. The van der Waals surface area contributed by atoms with E-state index in [-0.39, 0.29) is 18.2 Å². The van der Waals surface area contributed by atoms with Crippen LogP contribution in [0.4, 0.5) is 8.78 Å². The minimum absolute atomic E-state index is 0.286. The number of imidazole rings is 1. The van der Waals surface area contributed by atoms with Gasteiger partial charge in [-0.25, -0.2) is 18.6 Å². The molecule has 0 aliphatic heterocycles. The zero-order valence-electron chi connectivity index (χ0n) is 17.1. The Labute approximate surface area is 196 Å². The fraction of sp³-hybridized carbons (Fsp3) is 0.167. The van der Waals surface area contributed by atoms with E-state index < -0.39 is 5.97 Å². The smallest absolute Gasteiger partial charge is 0.338 e. The van der Waals surface area contributed by atoms with Crippen LogP contribution < -0.4 is 0 Å². The second-order valence-corrected chi connectivity index (χ2v) is 8.86. The first-order chi connectivity index (χ1) is 15.4. The minimum Gasteiger partial charge on any atom is -0.462 e. The molecule has 8 heteroatoms. The highest BCUT2D eigenvalue weighted by molar-refractivity contribution is 9.10. The van der Waals surface area contributed by atoms with Gasteiger partial charge in [-0.2, -0.15) is 0 Å². The Bertz CT molecular complexity index is 1290. The van der Waals surface area contributed by atoms with E-state index in [2.05, 4.69) is 15.9 Å². The van der Waals surface area contributed by atoms with Gasteiger partial charge in [0.05, 0.1) is 29.7 Å². The lowest BCUT2D eigenvalue weighted by Crippen LogP contribution is -2.05. The summed E-state index contributed by atoms with van der Waals surface area (Å²) >= 11 is 4.90. The van der Waals surface area contributed by atoms with E-state index in [9.17, 15) is 13.6 Å². The third kappa shape index (κ3) is 5.02. The zero-order valence-corrected chi connectivity index (χ0v) is 19.6. The van der Waals surface area contributed by atoms with Crippen molar-refractivity contribution in [2.24, 2.45) is 0 Å². The molecule has 1 heterocycles. The molecule has 0 radical (unpaired) electrons. The van der Waals surface area contributed by atoms with E-state index in [1.807, 2.05) is 16.7 Å². The molecule has 164 valence electrons. The van der Waals surface area contributed by atoms with E-state index >= 15 is 0 Å². The third-order valence-electron chi connectivity index (χ3n) is 4.82. The van der Waals surface area contributed by atoms with Gasteiger partial charge in [-0.1, -0.05) is 39.8 Å². The predicted molar refractivity (Wildman–Crippen MR) is 125 cm³/mol. The summed E-state index contributed by atoms with van der Waals surface area (Å²) < 4.78 is 35.3. The fourth-order valence-corrected chi connectivity index (χ4v) is 4.90. The number of aromatic nitrogens is 2. The molecule has 0 N–H and O–H groups in total. The van der Waals surface area contributed by atoms with Crippen LogP contribution in [0.25, 0.3) is 11.0 Å². The summed E-state index contributed by atoms with van der Waals surface area (Å²) in [7, 11) is 0. The highest BCUT2D eigenvalue weighted by Gasteiger charge is 2.16. The molecule has 0 amide bonds. The van der Waals surface area contributed by atoms with Crippen molar-refractivity contribution >= 4 is 44.7 Å². The van der Waals surface area contributed by atoms with E-state index in [1.165, 1.54) is 36.0 Å². The number of carbonyl (C=O) groups is 1. The van der Waals surface area contributed by atoms with Gasteiger partial charge in [0, 0.05) is 10.2 Å². The third-order valence-corrected chi connectivity index (χ3v) is 6.62. The SMILES string of the molecule is CCOC(=O)c1ccc2c(c1)nc(SCc1cc(F)ccc1Br)n2Cc1cccc(F)c1. The monoisotopic (exact) mass is 516 g/mol. The number of hydrogen-bond acceptors (Lipinski definition) is 4. The number of benzene rings is 3. The number of carbonyl (C=O) groups excluding carboxylic acids is 1. The molecule has 0 fully saturated rings. The molecule has 4 aromatic rings. The Morgan fingerprint density at radius 3 is 2.69 bits per heavy atom. The lowest BCUT2D eigenvalue weighted by molar-refractivity contribution is 0.0526. The first-order valence-electron chi connectivity index (χ1n) is 9.93. The van der Waals surface area contributed by atoms with Crippen molar-refractivity contribution in [2.45, 2.75) is 24.4 Å². The van der Waals surface area contributed by atoms with Gasteiger partial charge in [0.25, 0.3) is 0 Å². The molecular weight excluding hydrogens is 498 g/mol. The summed E-state index contributed by atoms with van der Waals surface area (Å²) in [6.45, 7) is 2.44. The summed E-state index contributed by atoms with van der Waals surface area (Å²) in [5.41, 5.74) is 3.44. The first kappa shape index (κ1) is 22.5. The maximum absolute atomic E-state index is 13.8. The van der Waals surface area contributed by atoms with Crippen molar-refractivity contribution in [2.75, 3.05) is 6.61 Å². The predicted octanol–water partition coefficient (Wildman–Crippen LogP) is 6.59. The maximum Gasteiger partial charge on any atom is 0.338 e. The summed E-state index contributed by atoms with van der Waals surface area (Å²) in [5.74, 6) is -0.548. The molecule has 0 aliphatic carbocycles. The van der Waals surface area contributed by atoms with Gasteiger partial charge in [0.15, 0.2) is 5.16 Å². The second kappa shape index (κ2) is 9.83. The van der Waals surface area contributed by atoms with Gasteiger partial charge < -0.3 is 9.30 Å². The lowest BCUT2D eigenvalue weighted by Gasteiger charge is -2.10. The average Bonchev–Trinajstić information content (AvgIpc) is 3.11. The number of esters is 1. The molecule has 4 rings (SSSR count). The highest BCUT2D eigenvalue weighted by Crippen LogP contribution is 2.31. The van der Waals surface area contributed by atoms with Gasteiger partial charge in [0.2, 0.25) is 0 Å². The molecule has 0 saturated carbocycles. The Kier molecular flexibility index (Phi) is 6.91. The molecule has 3 aromatic carbocycles. The zero-order chi connectivity index (χ0) is 22.7. The van der Waals surface area contributed by atoms with E-state index in [0.717, 1.165) is 21.1 Å². The summed E-state index contributed by atoms with van der Waals surface area (Å²) in [6, 6.07) is 16.2. The number of nitrogens with zero attached hydrogens (tertiary/aromatic N) is 2. The van der Waals surface area contributed by atoms with Crippen LogP contribution >= 0.6 is 27.7 Å². The van der Waals surface area contributed by atoms with Crippen LogP contribution in [0, 0.1) is 11.6 Å². The molecule has 0 spiro atoms. The normalized spacial score (nSPS) is 11.1. The fourth-order valence-electron chi connectivity index (χ4n) is 3.33. The van der Waals surface area contributed by atoms with Crippen molar-refractivity contribution in [1.82, 2.24) is 9.55 Å².